The molecular formula is C29H28O3. The molecule has 162 valence electrons. The van der Waals surface area contributed by atoms with Gasteiger partial charge in [-0.2, -0.15) is 0 Å². The van der Waals surface area contributed by atoms with E-state index in [2.05, 4.69) is 45.0 Å². The molecule has 0 bridgehead atoms. The van der Waals surface area contributed by atoms with Crippen LogP contribution in [0.15, 0.2) is 97.1 Å². The van der Waals surface area contributed by atoms with Crippen molar-refractivity contribution in [1.82, 2.24) is 0 Å². The Morgan fingerprint density at radius 3 is 1.28 bits per heavy atom. The molecule has 0 aliphatic carbocycles. The molecule has 0 saturated heterocycles. The third-order valence-electron chi connectivity index (χ3n) is 6.65. The Balaban J connectivity index is 1.82. The summed E-state index contributed by atoms with van der Waals surface area (Å²) in [6.45, 7) is 6.36. The van der Waals surface area contributed by atoms with Crippen LogP contribution in [0.25, 0.3) is 0 Å². The average Bonchev–Trinajstić information content (AvgIpc) is 2.80. The number of phenols is 3. The molecule has 0 aromatic heterocycles. The van der Waals surface area contributed by atoms with Gasteiger partial charge >= 0.3 is 0 Å². The van der Waals surface area contributed by atoms with E-state index in [1.54, 1.807) is 30.3 Å². The van der Waals surface area contributed by atoms with E-state index in [0.29, 0.717) is 5.75 Å². The van der Waals surface area contributed by atoms with Crippen molar-refractivity contribution < 1.29 is 15.3 Å². The summed E-state index contributed by atoms with van der Waals surface area (Å²) in [6, 6.07) is 30.4. The fourth-order valence-corrected chi connectivity index (χ4v) is 4.47. The smallest absolute Gasteiger partial charge is 0.119 e. The van der Waals surface area contributed by atoms with Crippen LogP contribution in [0.3, 0.4) is 0 Å². The second-order valence-corrected chi connectivity index (χ2v) is 8.94. The number of hydrogen-bond acceptors (Lipinski definition) is 3. The molecule has 0 spiro atoms. The summed E-state index contributed by atoms with van der Waals surface area (Å²) in [4.78, 5) is 0. The number of rotatable bonds is 5. The first-order chi connectivity index (χ1) is 15.2. The van der Waals surface area contributed by atoms with Crippen LogP contribution in [0.1, 0.15) is 48.6 Å². The fraction of sp³-hybridized carbons (Fsp3) is 0.172. The summed E-state index contributed by atoms with van der Waals surface area (Å²) >= 11 is 0. The molecule has 0 atom stereocenters. The van der Waals surface area contributed by atoms with Crippen LogP contribution in [-0.2, 0) is 10.8 Å². The van der Waals surface area contributed by atoms with Gasteiger partial charge in [-0.15, -0.1) is 0 Å². The van der Waals surface area contributed by atoms with E-state index in [1.165, 1.54) is 0 Å². The SMILES string of the molecule is CC(C)(c1ccc(C(C)(c2ccc(O)cc2)c2ccc(O)cc2)cc1)c1ccccc1O. The Morgan fingerprint density at radius 2 is 0.844 bits per heavy atom. The lowest BCUT2D eigenvalue weighted by atomic mass is 9.70. The van der Waals surface area contributed by atoms with Gasteiger partial charge < -0.3 is 15.3 Å². The van der Waals surface area contributed by atoms with Gasteiger partial charge in [-0.3, -0.25) is 0 Å². The maximum absolute atomic E-state index is 10.4. The minimum absolute atomic E-state index is 0.224. The van der Waals surface area contributed by atoms with E-state index < -0.39 is 5.41 Å². The zero-order chi connectivity index (χ0) is 22.9. The first-order valence-corrected chi connectivity index (χ1v) is 10.7. The van der Waals surface area contributed by atoms with Gasteiger partial charge in [-0.25, -0.2) is 0 Å². The lowest BCUT2D eigenvalue weighted by molar-refractivity contribution is 0.453. The normalized spacial score (nSPS) is 12.0. The highest BCUT2D eigenvalue weighted by molar-refractivity contribution is 5.53. The molecule has 0 aliphatic heterocycles. The van der Waals surface area contributed by atoms with Crippen molar-refractivity contribution in [1.29, 1.82) is 0 Å². The van der Waals surface area contributed by atoms with Crippen LogP contribution < -0.4 is 0 Å². The van der Waals surface area contributed by atoms with Gasteiger partial charge in [-0.1, -0.05) is 80.6 Å². The summed E-state index contributed by atoms with van der Waals surface area (Å²) in [6.07, 6.45) is 0. The molecule has 0 radical (unpaired) electrons. The maximum atomic E-state index is 10.4. The summed E-state index contributed by atoms with van der Waals surface area (Å²) in [5, 5.41) is 30.0. The van der Waals surface area contributed by atoms with Gasteiger partial charge in [0.15, 0.2) is 0 Å². The van der Waals surface area contributed by atoms with Crippen molar-refractivity contribution in [2.24, 2.45) is 0 Å². The summed E-state index contributed by atoms with van der Waals surface area (Å²) in [7, 11) is 0. The molecule has 0 heterocycles. The molecule has 0 amide bonds. The number of para-hydroxylation sites is 1. The number of hydrogen-bond donors (Lipinski definition) is 3. The van der Waals surface area contributed by atoms with Crippen molar-refractivity contribution in [3.05, 3.63) is 125 Å². The van der Waals surface area contributed by atoms with Crippen molar-refractivity contribution in [3.63, 3.8) is 0 Å². The third-order valence-corrected chi connectivity index (χ3v) is 6.65. The van der Waals surface area contributed by atoms with E-state index in [0.717, 1.165) is 27.8 Å². The lowest BCUT2D eigenvalue weighted by Crippen LogP contribution is -2.26. The average molecular weight is 425 g/mol. The second-order valence-electron chi connectivity index (χ2n) is 8.94. The number of aromatic hydroxyl groups is 3. The largest absolute Gasteiger partial charge is 0.508 e. The van der Waals surface area contributed by atoms with Crippen molar-refractivity contribution in [2.45, 2.75) is 31.6 Å². The van der Waals surface area contributed by atoms with E-state index in [1.807, 2.05) is 42.5 Å². The lowest BCUT2D eigenvalue weighted by Gasteiger charge is -2.33. The van der Waals surface area contributed by atoms with Gasteiger partial charge in [0, 0.05) is 16.4 Å². The van der Waals surface area contributed by atoms with Gasteiger partial charge in [0.2, 0.25) is 0 Å². The van der Waals surface area contributed by atoms with Crippen LogP contribution in [0.5, 0.6) is 17.2 Å². The Labute approximate surface area is 189 Å². The number of phenolic OH excluding ortho intramolecular Hbond substituents is 3. The van der Waals surface area contributed by atoms with E-state index in [9.17, 15) is 15.3 Å². The third kappa shape index (κ3) is 3.71. The highest BCUT2D eigenvalue weighted by Gasteiger charge is 2.32. The molecule has 4 aromatic rings. The summed E-state index contributed by atoms with van der Waals surface area (Å²) in [5.41, 5.74) is 4.29. The van der Waals surface area contributed by atoms with E-state index in [-0.39, 0.29) is 16.9 Å². The highest BCUT2D eigenvalue weighted by atomic mass is 16.3. The Hall–Kier alpha value is -3.72. The van der Waals surface area contributed by atoms with Gasteiger partial charge in [0.1, 0.15) is 17.2 Å². The first kappa shape index (κ1) is 21.5. The van der Waals surface area contributed by atoms with Crippen LogP contribution in [0.4, 0.5) is 0 Å². The minimum atomic E-state index is -0.487. The molecule has 32 heavy (non-hydrogen) atoms. The molecule has 4 aromatic carbocycles. The number of benzene rings is 4. The zero-order valence-corrected chi connectivity index (χ0v) is 18.6. The molecule has 0 saturated carbocycles. The predicted molar refractivity (Wildman–Crippen MR) is 128 cm³/mol. The predicted octanol–water partition coefficient (Wildman–Crippen LogP) is 6.48. The molecule has 3 N–H and O–H groups in total. The van der Waals surface area contributed by atoms with E-state index in [4.69, 9.17) is 0 Å². The molecule has 0 fully saturated rings. The van der Waals surface area contributed by atoms with Crippen LogP contribution in [-0.4, -0.2) is 15.3 Å². The maximum Gasteiger partial charge on any atom is 0.119 e. The van der Waals surface area contributed by atoms with Crippen LogP contribution >= 0.6 is 0 Å². The van der Waals surface area contributed by atoms with Crippen molar-refractivity contribution >= 4 is 0 Å². The summed E-state index contributed by atoms with van der Waals surface area (Å²) < 4.78 is 0. The summed E-state index contributed by atoms with van der Waals surface area (Å²) in [5.74, 6) is 0.739. The topological polar surface area (TPSA) is 60.7 Å². The zero-order valence-electron chi connectivity index (χ0n) is 18.6. The Morgan fingerprint density at radius 1 is 0.469 bits per heavy atom. The first-order valence-electron chi connectivity index (χ1n) is 10.7. The highest BCUT2D eigenvalue weighted by Crippen LogP contribution is 2.42. The molecule has 4 rings (SSSR count). The molecule has 3 heteroatoms. The standard InChI is InChI=1S/C29H28O3/c1-28(2,26-6-4-5-7-27(26)32)20-8-10-21(11-9-20)29(3,22-12-16-24(30)17-13-22)23-14-18-25(31)19-15-23/h4-19,30-32H,1-3H3. The Bertz CT molecular complexity index is 1160. The van der Waals surface area contributed by atoms with Crippen LogP contribution in [0.2, 0.25) is 0 Å². The molecule has 0 unspecified atom stereocenters. The van der Waals surface area contributed by atoms with E-state index >= 15 is 0 Å². The fourth-order valence-electron chi connectivity index (χ4n) is 4.47. The van der Waals surface area contributed by atoms with Crippen molar-refractivity contribution in [2.75, 3.05) is 0 Å². The minimum Gasteiger partial charge on any atom is -0.508 e. The second kappa shape index (κ2) is 8.08. The monoisotopic (exact) mass is 424 g/mol. The van der Waals surface area contributed by atoms with Crippen LogP contribution in [0, 0.1) is 0 Å². The molecular weight excluding hydrogens is 396 g/mol. The van der Waals surface area contributed by atoms with Gasteiger partial charge in [0.25, 0.3) is 0 Å². The Kier molecular flexibility index (Phi) is 5.43. The molecule has 3 nitrogen and oxygen atoms in total. The van der Waals surface area contributed by atoms with Gasteiger partial charge in [0.05, 0.1) is 0 Å². The van der Waals surface area contributed by atoms with Crippen molar-refractivity contribution in [3.8, 4) is 17.2 Å². The van der Waals surface area contributed by atoms with Gasteiger partial charge in [-0.05, 0) is 59.5 Å². The quantitative estimate of drug-likeness (QED) is 0.321. The molecule has 0 aliphatic rings.